The molecule has 0 bridgehead atoms. The molecule has 0 radical (unpaired) electrons. The van der Waals surface area contributed by atoms with Crippen LogP contribution in [0.15, 0.2) is 71.6 Å². The first kappa shape index (κ1) is 25.1. The average Bonchev–Trinajstić information content (AvgIpc) is 3.33. The number of nitro groups is 1. The van der Waals surface area contributed by atoms with Gasteiger partial charge in [-0.2, -0.15) is 10.0 Å². The van der Waals surface area contributed by atoms with Crippen LogP contribution in [0.4, 0.5) is 5.69 Å². The standard InChI is InChI=1S/C26H17N3O7S2/c1-35-21-12-16(8-11-20(21)36-14-15-6-9-17(10-7-15)29(33)34)13-22-25(32)28(26(37)38-22)27-23(30)18-4-2-3-5-19(18)24(27)31/h2-13H,14H2,1H3/b22-13+. The fourth-order valence-electron chi connectivity index (χ4n) is 3.91. The molecule has 1 fully saturated rings. The van der Waals surface area contributed by atoms with E-state index in [1.807, 2.05) is 0 Å². The second-order valence-corrected chi connectivity index (χ2v) is 9.76. The number of methoxy groups -OCH3 is 1. The lowest BCUT2D eigenvalue weighted by Crippen LogP contribution is -2.48. The SMILES string of the molecule is COc1cc(/C=C2/SC(=S)N(N3C(=O)c4ccccc4C3=O)C2=O)ccc1OCc1ccc([N+](=O)[O-])cc1. The Kier molecular flexibility index (Phi) is 6.66. The van der Waals surface area contributed by atoms with E-state index in [-0.39, 0.29) is 32.6 Å². The number of thiocarbonyl (C=S) groups is 1. The zero-order chi connectivity index (χ0) is 27.0. The molecule has 0 aromatic heterocycles. The number of nitro benzene ring substituents is 1. The maximum Gasteiger partial charge on any atom is 0.285 e. The minimum Gasteiger partial charge on any atom is -0.493 e. The van der Waals surface area contributed by atoms with Gasteiger partial charge in [0.05, 0.1) is 28.1 Å². The fourth-order valence-corrected chi connectivity index (χ4v) is 5.15. The Morgan fingerprint density at radius 2 is 1.58 bits per heavy atom. The van der Waals surface area contributed by atoms with E-state index in [0.29, 0.717) is 17.1 Å². The Labute approximate surface area is 225 Å². The summed E-state index contributed by atoms with van der Waals surface area (Å²) in [6.45, 7) is 0.159. The molecule has 1 saturated heterocycles. The van der Waals surface area contributed by atoms with Crippen LogP contribution in [0, 0.1) is 10.1 Å². The van der Waals surface area contributed by atoms with Crippen LogP contribution in [0.3, 0.4) is 0 Å². The molecule has 2 heterocycles. The molecule has 0 aliphatic carbocycles. The topological polar surface area (TPSA) is 119 Å². The average molecular weight is 548 g/mol. The third-order valence-corrected chi connectivity index (χ3v) is 7.06. The van der Waals surface area contributed by atoms with Gasteiger partial charge in [-0.1, -0.05) is 30.0 Å². The van der Waals surface area contributed by atoms with Gasteiger partial charge in [-0.05, 0) is 65.8 Å². The maximum absolute atomic E-state index is 13.2. The summed E-state index contributed by atoms with van der Waals surface area (Å²) in [5.41, 5.74) is 1.75. The van der Waals surface area contributed by atoms with Crippen molar-refractivity contribution in [3.05, 3.63) is 104 Å². The van der Waals surface area contributed by atoms with E-state index >= 15 is 0 Å². The lowest BCUT2D eigenvalue weighted by atomic mass is 10.1. The number of hydrogen-bond acceptors (Lipinski definition) is 9. The molecular formula is C26H17N3O7S2. The van der Waals surface area contributed by atoms with E-state index in [9.17, 15) is 24.5 Å². The van der Waals surface area contributed by atoms with Gasteiger partial charge in [0.2, 0.25) is 0 Å². The van der Waals surface area contributed by atoms with Crippen LogP contribution in [0.1, 0.15) is 31.8 Å². The highest BCUT2D eigenvalue weighted by atomic mass is 32.2. The number of ether oxygens (including phenoxy) is 2. The number of imide groups is 1. The largest absolute Gasteiger partial charge is 0.493 e. The lowest BCUT2D eigenvalue weighted by molar-refractivity contribution is -0.384. The Bertz CT molecular complexity index is 1520. The van der Waals surface area contributed by atoms with Crippen LogP contribution in [0.25, 0.3) is 6.08 Å². The number of benzene rings is 3. The molecule has 0 saturated carbocycles. The van der Waals surface area contributed by atoms with Crippen LogP contribution >= 0.6 is 24.0 Å². The first-order chi connectivity index (χ1) is 18.3. The van der Waals surface area contributed by atoms with Gasteiger partial charge in [0.25, 0.3) is 23.4 Å². The van der Waals surface area contributed by atoms with E-state index in [4.69, 9.17) is 21.7 Å². The Hall–Kier alpha value is -4.55. The monoisotopic (exact) mass is 547 g/mol. The highest BCUT2D eigenvalue weighted by molar-refractivity contribution is 8.26. The summed E-state index contributed by atoms with van der Waals surface area (Å²) in [6, 6.07) is 17.4. The first-order valence-corrected chi connectivity index (χ1v) is 12.3. The Morgan fingerprint density at radius 3 is 2.18 bits per heavy atom. The number of carbonyl (C=O) groups is 3. The summed E-state index contributed by atoms with van der Waals surface area (Å²) < 4.78 is 11.3. The van der Waals surface area contributed by atoms with Crippen molar-refractivity contribution in [1.82, 2.24) is 10.0 Å². The van der Waals surface area contributed by atoms with Gasteiger partial charge in [-0.25, -0.2) is 0 Å². The van der Waals surface area contributed by atoms with Crippen molar-refractivity contribution in [3.63, 3.8) is 0 Å². The third kappa shape index (κ3) is 4.51. The van der Waals surface area contributed by atoms with Crippen molar-refractivity contribution in [2.45, 2.75) is 6.61 Å². The third-order valence-electron chi connectivity index (χ3n) is 5.77. The summed E-state index contributed by atoms with van der Waals surface area (Å²) in [5, 5.41) is 12.5. The molecule has 0 N–H and O–H groups in total. The van der Waals surface area contributed by atoms with Crippen molar-refractivity contribution >= 4 is 57.8 Å². The predicted octanol–water partition coefficient (Wildman–Crippen LogP) is 4.59. The summed E-state index contributed by atoms with van der Waals surface area (Å²) in [6.07, 6.45) is 1.58. The van der Waals surface area contributed by atoms with Gasteiger partial charge >= 0.3 is 0 Å². The molecule has 0 unspecified atom stereocenters. The van der Waals surface area contributed by atoms with Crippen LogP contribution in [-0.2, 0) is 11.4 Å². The minimum absolute atomic E-state index is 0.0101. The number of thioether (sulfide) groups is 1. The van der Waals surface area contributed by atoms with Crippen molar-refractivity contribution in [3.8, 4) is 11.5 Å². The first-order valence-electron chi connectivity index (χ1n) is 11.1. The molecule has 3 amide bonds. The molecule has 190 valence electrons. The van der Waals surface area contributed by atoms with E-state index in [1.165, 1.54) is 31.4 Å². The van der Waals surface area contributed by atoms with E-state index in [2.05, 4.69) is 0 Å². The number of carbonyl (C=O) groups excluding carboxylic acids is 3. The quantitative estimate of drug-likeness (QED) is 0.137. The molecular weight excluding hydrogens is 530 g/mol. The zero-order valence-electron chi connectivity index (χ0n) is 19.7. The number of nitrogens with zero attached hydrogens (tertiary/aromatic N) is 3. The number of fused-ring (bicyclic) bond motifs is 1. The molecule has 0 atom stereocenters. The number of non-ortho nitro benzene ring substituents is 1. The van der Waals surface area contributed by atoms with Crippen LogP contribution < -0.4 is 9.47 Å². The molecule has 2 aliphatic rings. The van der Waals surface area contributed by atoms with E-state index in [0.717, 1.165) is 27.3 Å². The number of hydrazine groups is 1. The van der Waals surface area contributed by atoms with E-state index < -0.39 is 22.6 Å². The minimum atomic E-state index is -0.612. The molecule has 5 rings (SSSR count). The van der Waals surface area contributed by atoms with Gasteiger partial charge in [0, 0.05) is 12.1 Å². The molecule has 38 heavy (non-hydrogen) atoms. The summed E-state index contributed by atoms with van der Waals surface area (Å²) in [4.78, 5) is 49.5. The van der Waals surface area contributed by atoms with Gasteiger partial charge < -0.3 is 9.47 Å². The van der Waals surface area contributed by atoms with Gasteiger partial charge in [0.15, 0.2) is 15.8 Å². The molecule has 3 aromatic rings. The highest BCUT2D eigenvalue weighted by Gasteiger charge is 2.46. The second kappa shape index (κ2) is 10.1. The number of amides is 3. The zero-order valence-corrected chi connectivity index (χ0v) is 21.3. The molecule has 10 nitrogen and oxygen atoms in total. The fraction of sp³-hybridized carbons (Fsp3) is 0.0769. The maximum atomic E-state index is 13.2. The molecule has 0 spiro atoms. The Morgan fingerprint density at radius 1 is 0.921 bits per heavy atom. The van der Waals surface area contributed by atoms with Crippen molar-refractivity contribution in [2.75, 3.05) is 7.11 Å². The van der Waals surface area contributed by atoms with Gasteiger partial charge in [-0.3, -0.25) is 24.5 Å². The number of hydrogen-bond donors (Lipinski definition) is 0. The van der Waals surface area contributed by atoms with Crippen molar-refractivity contribution in [1.29, 1.82) is 0 Å². The summed E-state index contributed by atoms with van der Waals surface area (Å²) >= 11 is 6.31. The number of rotatable bonds is 7. The normalized spacial score (nSPS) is 15.9. The second-order valence-electron chi connectivity index (χ2n) is 8.08. The molecule has 2 aliphatic heterocycles. The van der Waals surface area contributed by atoms with Gasteiger partial charge in [-0.15, -0.1) is 0 Å². The Balaban J connectivity index is 1.33. The van der Waals surface area contributed by atoms with Crippen LogP contribution in [0.2, 0.25) is 0 Å². The lowest BCUT2D eigenvalue weighted by Gasteiger charge is -2.23. The van der Waals surface area contributed by atoms with Crippen LogP contribution in [0.5, 0.6) is 11.5 Å². The smallest absolute Gasteiger partial charge is 0.285 e. The van der Waals surface area contributed by atoms with Crippen LogP contribution in [-0.4, -0.2) is 44.1 Å². The van der Waals surface area contributed by atoms with E-state index in [1.54, 1.807) is 48.5 Å². The van der Waals surface area contributed by atoms with Crippen molar-refractivity contribution in [2.24, 2.45) is 0 Å². The predicted molar refractivity (Wildman–Crippen MR) is 142 cm³/mol. The van der Waals surface area contributed by atoms with Gasteiger partial charge in [0.1, 0.15) is 6.61 Å². The molecule has 3 aromatic carbocycles. The molecule has 12 heteroatoms. The van der Waals surface area contributed by atoms with Crippen molar-refractivity contribution < 1.29 is 28.8 Å². The summed E-state index contributed by atoms with van der Waals surface area (Å²) in [7, 11) is 1.47. The highest BCUT2D eigenvalue weighted by Crippen LogP contribution is 2.38. The summed E-state index contributed by atoms with van der Waals surface area (Å²) in [5.74, 6) is -0.983.